The fraction of sp³-hybridized carbons (Fsp3) is 0.273. The molecule has 2 nitrogen and oxygen atoms in total. The number of carbonyl (C=O) groups is 1. The highest BCUT2D eigenvalue weighted by Gasteiger charge is 2.17. The van der Waals surface area contributed by atoms with Crippen LogP contribution in [0.1, 0.15) is 35.5 Å². The van der Waals surface area contributed by atoms with Crippen molar-refractivity contribution in [3.8, 4) is 0 Å². The first-order chi connectivity index (χ1) is 7.08. The zero-order chi connectivity index (χ0) is 11.0. The molecule has 0 bridgehead atoms. The number of halogens is 1. The van der Waals surface area contributed by atoms with E-state index in [4.69, 9.17) is 11.6 Å². The first-order valence-corrected chi connectivity index (χ1v) is 5.86. The summed E-state index contributed by atoms with van der Waals surface area (Å²) in [6.07, 6.45) is 0.785. The highest BCUT2D eigenvalue weighted by molar-refractivity contribution is 7.12. The van der Waals surface area contributed by atoms with Gasteiger partial charge < -0.3 is 0 Å². The predicted molar refractivity (Wildman–Crippen MR) is 64.8 cm³/mol. The van der Waals surface area contributed by atoms with E-state index in [9.17, 15) is 4.79 Å². The van der Waals surface area contributed by atoms with Gasteiger partial charge in [-0.2, -0.15) is 0 Å². The maximum atomic E-state index is 11.2. The molecule has 4 heteroatoms. The van der Waals surface area contributed by atoms with Gasteiger partial charge in [0.15, 0.2) is 5.78 Å². The Bertz CT molecular complexity index is 485. The Morgan fingerprint density at radius 2 is 2.33 bits per heavy atom. The first kappa shape index (κ1) is 10.6. The Balaban J connectivity index is 2.33. The second kappa shape index (κ2) is 3.91. The summed E-state index contributed by atoms with van der Waals surface area (Å²) in [5, 5.41) is 2.52. The highest BCUT2D eigenvalue weighted by atomic mass is 35.5. The maximum Gasteiger partial charge on any atom is 0.169 e. The number of Topliss-reactive ketones (excluding diaryl/α,β-unsaturated/α-hetero) is 1. The van der Waals surface area contributed by atoms with Gasteiger partial charge in [0.1, 0.15) is 5.16 Å². The van der Waals surface area contributed by atoms with Crippen molar-refractivity contribution in [3.05, 3.63) is 27.0 Å². The molecule has 1 aliphatic rings. The van der Waals surface area contributed by atoms with Gasteiger partial charge >= 0.3 is 0 Å². The van der Waals surface area contributed by atoms with Crippen LogP contribution in [0.15, 0.2) is 21.6 Å². The molecule has 0 unspecified atom stereocenters. The van der Waals surface area contributed by atoms with Gasteiger partial charge in [0, 0.05) is 17.7 Å². The average molecular weight is 240 g/mol. The van der Waals surface area contributed by atoms with Crippen LogP contribution in [0, 0.1) is 0 Å². The lowest BCUT2D eigenvalue weighted by Crippen LogP contribution is -1.88. The number of nitrogens with zero attached hydrogens (tertiary/aromatic N) is 1. The molecule has 15 heavy (non-hydrogen) atoms. The molecule has 1 aromatic heterocycles. The fourth-order valence-corrected chi connectivity index (χ4v) is 2.65. The summed E-state index contributed by atoms with van der Waals surface area (Å²) in [7, 11) is 0. The first-order valence-electron chi connectivity index (χ1n) is 4.60. The van der Waals surface area contributed by atoms with E-state index in [1.807, 2.05) is 18.4 Å². The van der Waals surface area contributed by atoms with E-state index in [0.717, 1.165) is 28.1 Å². The minimum Gasteiger partial charge on any atom is -0.294 e. The van der Waals surface area contributed by atoms with Crippen molar-refractivity contribution in [2.75, 3.05) is 0 Å². The van der Waals surface area contributed by atoms with Gasteiger partial charge in [0.2, 0.25) is 0 Å². The lowest BCUT2D eigenvalue weighted by atomic mass is 10.1. The molecular weight excluding hydrogens is 230 g/mol. The molecule has 2 rings (SSSR count). The summed E-state index contributed by atoms with van der Waals surface area (Å²) in [5.41, 5.74) is 3.07. The SMILES string of the molecule is CC(=O)c1cc(C2=C(Cl)N=C(C)C2)cs1. The number of allylic oxidation sites excluding steroid dienone is 1. The molecule has 0 fully saturated rings. The maximum absolute atomic E-state index is 11.2. The summed E-state index contributed by atoms with van der Waals surface area (Å²) in [4.78, 5) is 16.1. The zero-order valence-corrected chi connectivity index (χ0v) is 10.1. The summed E-state index contributed by atoms with van der Waals surface area (Å²) in [5.74, 6) is 0.0959. The Morgan fingerprint density at radius 3 is 2.80 bits per heavy atom. The minimum atomic E-state index is 0.0959. The van der Waals surface area contributed by atoms with E-state index >= 15 is 0 Å². The molecular formula is C11H10ClNOS. The number of ketones is 1. The standard InChI is InChI=1S/C11H10ClNOS/c1-6-3-9(11(12)13-6)8-4-10(7(2)14)15-5-8/h4-5H,3H2,1-2H3. The van der Waals surface area contributed by atoms with Crippen molar-refractivity contribution in [1.82, 2.24) is 0 Å². The summed E-state index contributed by atoms with van der Waals surface area (Å²) in [6, 6.07) is 1.89. The molecule has 0 radical (unpaired) electrons. The third-order valence-electron chi connectivity index (χ3n) is 2.27. The number of hydrogen-bond acceptors (Lipinski definition) is 3. The molecule has 78 valence electrons. The van der Waals surface area contributed by atoms with Crippen molar-refractivity contribution in [1.29, 1.82) is 0 Å². The normalized spacial score (nSPS) is 15.8. The van der Waals surface area contributed by atoms with Crippen LogP contribution in [0.5, 0.6) is 0 Å². The van der Waals surface area contributed by atoms with Gasteiger partial charge in [0.05, 0.1) is 4.88 Å². The van der Waals surface area contributed by atoms with E-state index in [1.165, 1.54) is 11.3 Å². The van der Waals surface area contributed by atoms with Crippen LogP contribution in [0.25, 0.3) is 5.57 Å². The van der Waals surface area contributed by atoms with Crippen molar-refractivity contribution < 1.29 is 4.79 Å². The Hall–Kier alpha value is -0.930. The fourth-order valence-electron chi connectivity index (χ4n) is 1.50. The van der Waals surface area contributed by atoms with Crippen molar-refractivity contribution in [2.45, 2.75) is 20.3 Å². The van der Waals surface area contributed by atoms with Gasteiger partial charge in [-0.3, -0.25) is 4.79 Å². The van der Waals surface area contributed by atoms with Crippen LogP contribution in [0.4, 0.5) is 0 Å². The monoisotopic (exact) mass is 239 g/mol. The largest absolute Gasteiger partial charge is 0.294 e. The highest BCUT2D eigenvalue weighted by Crippen LogP contribution is 2.33. The lowest BCUT2D eigenvalue weighted by Gasteiger charge is -1.97. The molecule has 0 N–H and O–H groups in total. The molecule has 0 spiro atoms. The lowest BCUT2D eigenvalue weighted by molar-refractivity contribution is 0.102. The Morgan fingerprint density at radius 1 is 1.60 bits per heavy atom. The number of aliphatic imine (C=N–C) groups is 1. The van der Waals surface area contributed by atoms with Crippen LogP contribution in [0.3, 0.4) is 0 Å². The second-order valence-electron chi connectivity index (χ2n) is 3.55. The summed E-state index contributed by atoms with van der Waals surface area (Å²) < 4.78 is 0. The minimum absolute atomic E-state index is 0.0959. The van der Waals surface area contributed by atoms with Crippen LogP contribution in [-0.4, -0.2) is 11.5 Å². The molecule has 0 saturated carbocycles. The topological polar surface area (TPSA) is 29.4 Å². The van der Waals surface area contributed by atoms with Crippen molar-refractivity contribution >= 4 is 40.0 Å². The number of thiophene rings is 1. The van der Waals surface area contributed by atoms with E-state index in [0.29, 0.717) is 5.16 Å². The van der Waals surface area contributed by atoms with Gasteiger partial charge in [-0.15, -0.1) is 11.3 Å². The van der Waals surface area contributed by atoms with E-state index in [-0.39, 0.29) is 5.78 Å². The predicted octanol–water partition coefficient (Wildman–Crippen LogP) is 3.72. The smallest absolute Gasteiger partial charge is 0.169 e. The zero-order valence-electron chi connectivity index (χ0n) is 8.50. The summed E-state index contributed by atoms with van der Waals surface area (Å²) in [6.45, 7) is 3.52. The van der Waals surface area contributed by atoms with Crippen LogP contribution >= 0.6 is 22.9 Å². The summed E-state index contributed by atoms with van der Waals surface area (Å²) >= 11 is 7.46. The molecule has 0 amide bonds. The quantitative estimate of drug-likeness (QED) is 0.571. The third-order valence-corrected chi connectivity index (χ3v) is 3.61. The molecule has 0 aromatic carbocycles. The number of rotatable bonds is 2. The van der Waals surface area contributed by atoms with Gasteiger partial charge in [0.25, 0.3) is 0 Å². The number of carbonyl (C=O) groups excluding carboxylic acids is 1. The van der Waals surface area contributed by atoms with Gasteiger partial charge in [-0.05, 0) is 30.9 Å². The average Bonchev–Trinajstić information content (AvgIpc) is 2.71. The van der Waals surface area contributed by atoms with E-state index in [2.05, 4.69) is 4.99 Å². The van der Waals surface area contributed by atoms with Gasteiger partial charge in [-0.1, -0.05) is 11.6 Å². The van der Waals surface area contributed by atoms with E-state index < -0.39 is 0 Å². The van der Waals surface area contributed by atoms with E-state index in [1.54, 1.807) is 6.92 Å². The van der Waals surface area contributed by atoms with Crippen molar-refractivity contribution in [2.24, 2.45) is 4.99 Å². The second-order valence-corrected chi connectivity index (χ2v) is 4.82. The molecule has 1 aliphatic heterocycles. The van der Waals surface area contributed by atoms with Crippen LogP contribution in [-0.2, 0) is 0 Å². The molecule has 0 atom stereocenters. The van der Waals surface area contributed by atoms with Crippen LogP contribution in [0.2, 0.25) is 0 Å². The number of hydrogen-bond donors (Lipinski definition) is 0. The Kier molecular flexibility index (Phi) is 2.76. The molecule has 0 saturated heterocycles. The molecule has 0 aliphatic carbocycles. The molecule has 2 heterocycles. The third kappa shape index (κ3) is 2.03. The van der Waals surface area contributed by atoms with Gasteiger partial charge in [-0.25, -0.2) is 4.99 Å². The Labute approximate surface area is 97.3 Å². The van der Waals surface area contributed by atoms with Crippen molar-refractivity contribution in [3.63, 3.8) is 0 Å². The molecule has 1 aromatic rings. The van der Waals surface area contributed by atoms with Crippen LogP contribution < -0.4 is 0 Å².